The molecule has 0 aliphatic rings. The second-order valence-corrected chi connectivity index (χ2v) is 6.13. The van der Waals surface area contributed by atoms with Crippen molar-refractivity contribution >= 4 is 16.8 Å². The second-order valence-electron chi connectivity index (χ2n) is 6.13. The molecule has 0 fully saturated rings. The average Bonchev–Trinajstić information content (AvgIpc) is 2.87. The fourth-order valence-corrected chi connectivity index (χ4v) is 2.22. The predicted molar refractivity (Wildman–Crippen MR) is 84.7 cm³/mol. The molecule has 0 spiro atoms. The van der Waals surface area contributed by atoms with Gasteiger partial charge in [0.15, 0.2) is 0 Å². The van der Waals surface area contributed by atoms with Crippen molar-refractivity contribution in [3.8, 4) is 0 Å². The van der Waals surface area contributed by atoms with Crippen LogP contribution in [0.2, 0.25) is 0 Å². The van der Waals surface area contributed by atoms with Crippen molar-refractivity contribution in [2.45, 2.75) is 39.8 Å². The van der Waals surface area contributed by atoms with Crippen molar-refractivity contribution in [2.75, 3.05) is 6.54 Å². The van der Waals surface area contributed by atoms with Crippen molar-refractivity contribution in [1.29, 1.82) is 0 Å². The fourth-order valence-electron chi connectivity index (χ4n) is 2.22. The van der Waals surface area contributed by atoms with Gasteiger partial charge < -0.3 is 5.32 Å². The normalized spacial score (nSPS) is 11.6. The van der Waals surface area contributed by atoms with E-state index >= 15 is 0 Å². The molecule has 2 rings (SSSR count). The number of aromatic nitrogens is 4. The molecule has 0 unspecified atom stereocenters. The van der Waals surface area contributed by atoms with Crippen LogP contribution >= 0.6 is 0 Å². The number of carbonyl (C=O) groups is 1. The van der Waals surface area contributed by atoms with E-state index in [9.17, 15) is 9.59 Å². The van der Waals surface area contributed by atoms with Gasteiger partial charge in [-0.15, -0.1) is 6.58 Å². The SMILES string of the molecule is C=CCNC(=O)Cn1nc(C)c2cnn(C(C)(C)C)c2c1=O. The summed E-state index contributed by atoms with van der Waals surface area (Å²) in [6.45, 7) is 11.5. The zero-order valence-electron chi connectivity index (χ0n) is 13.4. The zero-order chi connectivity index (χ0) is 16.5. The van der Waals surface area contributed by atoms with Crippen LogP contribution in [0.25, 0.3) is 10.9 Å². The Balaban J connectivity index is 2.54. The lowest BCUT2D eigenvalue weighted by atomic mass is 10.1. The van der Waals surface area contributed by atoms with E-state index < -0.39 is 0 Å². The molecule has 7 heteroatoms. The van der Waals surface area contributed by atoms with Gasteiger partial charge in [-0.1, -0.05) is 6.08 Å². The highest BCUT2D eigenvalue weighted by Crippen LogP contribution is 2.20. The molecule has 0 aliphatic heterocycles. The molecule has 2 aromatic heterocycles. The monoisotopic (exact) mass is 303 g/mol. The van der Waals surface area contributed by atoms with E-state index in [0.717, 1.165) is 0 Å². The summed E-state index contributed by atoms with van der Waals surface area (Å²) < 4.78 is 2.86. The molecule has 0 radical (unpaired) electrons. The maximum absolute atomic E-state index is 12.7. The molecule has 0 aromatic carbocycles. The van der Waals surface area contributed by atoms with Crippen LogP contribution in [0, 0.1) is 6.92 Å². The smallest absolute Gasteiger partial charge is 0.293 e. The maximum Gasteiger partial charge on any atom is 0.293 e. The molecule has 2 heterocycles. The molecular weight excluding hydrogens is 282 g/mol. The van der Waals surface area contributed by atoms with Crippen LogP contribution in [0.15, 0.2) is 23.6 Å². The first-order valence-corrected chi connectivity index (χ1v) is 7.09. The summed E-state index contributed by atoms with van der Waals surface area (Å²) in [5.41, 5.74) is 0.484. The van der Waals surface area contributed by atoms with Gasteiger partial charge in [-0.3, -0.25) is 14.3 Å². The van der Waals surface area contributed by atoms with Crippen LogP contribution in [0.3, 0.4) is 0 Å². The molecule has 22 heavy (non-hydrogen) atoms. The van der Waals surface area contributed by atoms with Gasteiger partial charge >= 0.3 is 0 Å². The summed E-state index contributed by atoms with van der Waals surface area (Å²) in [4.78, 5) is 24.5. The molecule has 1 N–H and O–H groups in total. The summed E-state index contributed by atoms with van der Waals surface area (Å²) in [5, 5.41) is 11.9. The summed E-state index contributed by atoms with van der Waals surface area (Å²) in [5.74, 6) is -0.282. The zero-order valence-corrected chi connectivity index (χ0v) is 13.4. The number of nitrogens with zero attached hydrogens (tertiary/aromatic N) is 4. The van der Waals surface area contributed by atoms with E-state index in [-0.39, 0.29) is 23.6 Å². The van der Waals surface area contributed by atoms with Crippen LogP contribution < -0.4 is 10.9 Å². The van der Waals surface area contributed by atoms with Gasteiger partial charge in [-0.25, -0.2) is 4.68 Å². The van der Waals surface area contributed by atoms with Gasteiger partial charge in [0.05, 0.1) is 17.4 Å². The highest BCUT2D eigenvalue weighted by molar-refractivity contribution is 5.81. The van der Waals surface area contributed by atoms with Gasteiger partial charge in [-0.2, -0.15) is 10.2 Å². The van der Waals surface area contributed by atoms with Crippen LogP contribution in [-0.4, -0.2) is 32.0 Å². The van der Waals surface area contributed by atoms with E-state index in [0.29, 0.717) is 23.1 Å². The summed E-state index contributed by atoms with van der Waals surface area (Å²) >= 11 is 0. The Bertz CT molecular complexity index is 780. The lowest BCUT2D eigenvalue weighted by molar-refractivity contribution is -0.121. The first-order chi connectivity index (χ1) is 10.3. The van der Waals surface area contributed by atoms with Crippen molar-refractivity contribution in [3.63, 3.8) is 0 Å². The van der Waals surface area contributed by atoms with Crippen LogP contribution in [-0.2, 0) is 16.9 Å². The summed E-state index contributed by atoms with van der Waals surface area (Å²) in [7, 11) is 0. The van der Waals surface area contributed by atoms with Crippen molar-refractivity contribution in [3.05, 3.63) is 34.9 Å². The number of rotatable bonds is 4. The Morgan fingerprint density at radius 2 is 2.14 bits per heavy atom. The highest BCUT2D eigenvalue weighted by Gasteiger charge is 2.22. The van der Waals surface area contributed by atoms with E-state index in [1.807, 2.05) is 20.8 Å². The van der Waals surface area contributed by atoms with Crippen LogP contribution in [0.1, 0.15) is 26.5 Å². The minimum atomic E-state index is -0.336. The number of aryl methyl sites for hydroxylation is 1. The Labute approximate surface area is 128 Å². The number of carbonyl (C=O) groups excluding carboxylic acids is 1. The molecule has 1 amide bonds. The standard InChI is InChI=1S/C15H21N5O2/c1-6-7-16-12(21)9-19-14(22)13-11(10(2)18-19)8-17-20(13)15(3,4)5/h6,8H,1,7,9H2,2-5H3,(H,16,21). The van der Waals surface area contributed by atoms with E-state index in [4.69, 9.17) is 0 Å². The Hall–Kier alpha value is -2.44. The number of fused-ring (bicyclic) bond motifs is 1. The number of nitrogens with one attached hydrogen (secondary N) is 1. The number of amides is 1. The molecule has 0 saturated heterocycles. The topological polar surface area (TPSA) is 81.8 Å². The van der Waals surface area contributed by atoms with Crippen molar-refractivity contribution in [1.82, 2.24) is 24.9 Å². The quantitative estimate of drug-likeness (QED) is 0.853. The third-order valence-electron chi connectivity index (χ3n) is 3.24. The molecule has 0 bridgehead atoms. The molecule has 0 aliphatic carbocycles. The molecular formula is C15H21N5O2. The predicted octanol–water partition coefficient (Wildman–Crippen LogP) is 0.959. The van der Waals surface area contributed by atoms with Crippen molar-refractivity contribution in [2.24, 2.45) is 0 Å². The average molecular weight is 303 g/mol. The Kier molecular flexibility index (Phi) is 4.16. The maximum atomic E-state index is 12.7. The lowest BCUT2D eigenvalue weighted by Crippen LogP contribution is -2.36. The number of hydrogen-bond donors (Lipinski definition) is 1. The second kappa shape index (κ2) is 5.75. The van der Waals surface area contributed by atoms with Gasteiger partial charge in [-0.05, 0) is 27.7 Å². The molecule has 7 nitrogen and oxygen atoms in total. The van der Waals surface area contributed by atoms with Gasteiger partial charge in [0.1, 0.15) is 12.1 Å². The molecule has 2 aromatic rings. The van der Waals surface area contributed by atoms with Crippen LogP contribution in [0.5, 0.6) is 0 Å². The summed E-state index contributed by atoms with van der Waals surface area (Å²) in [6, 6.07) is 0. The Morgan fingerprint density at radius 1 is 1.45 bits per heavy atom. The molecule has 0 saturated carbocycles. The van der Waals surface area contributed by atoms with Crippen molar-refractivity contribution < 1.29 is 4.79 Å². The van der Waals surface area contributed by atoms with Gasteiger partial charge in [0.25, 0.3) is 5.56 Å². The number of hydrogen-bond acceptors (Lipinski definition) is 4. The third kappa shape index (κ3) is 2.93. The van der Waals surface area contributed by atoms with E-state index in [1.165, 1.54) is 4.68 Å². The van der Waals surface area contributed by atoms with E-state index in [1.54, 1.807) is 23.9 Å². The van der Waals surface area contributed by atoms with E-state index in [2.05, 4.69) is 22.1 Å². The third-order valence-corrected chi connectivity index (χ3v) is 3.24. The lowest BCUT2D eigenvalue weighted by Gasteiger charge is -2.20. The van der Waals surface area contributed by atoms with Crippen LogP contribution in [0.4, 0.5) is 0 Å². The minimum Gasteiger partial charge on any atom is -0.351 e. The fraction of sp³-hybridized carbons (Fsp3) is 0.467. The molecule has 118 valence electrons. The first-order valence-electron chi connectivity index (χ1n) is 7.09. The Morgan fingerprint density at radius 3 is 2.73 bits per heavy atom. The highest BCUT2D eigenvalue weighted by atomic mass is 16.2. The minimum absolute atomic E-state index is 0.126. The largest absolute Gasteiger partial charge is 0.351 e. The molecule has 0 atom stereocenters. The van der Waals surface area contributed by atoms with Gasteiger partial charge in [0.2, 0.25) is 5.91 Å². The first kappa shape index (κ1) is 15.9. The summed E-state index contributed by atoms with van der Waals surface area (Å²) in [6.07, 6.45) is 3.23. The van der Waals surface area contributed by atoms with Gasteiger partial charge in [0, 0.05) is 11.9 Å².